The Morgan fingerprint density at radius 2 is 1.72 bits per heavy atom. The van der Waals surface area contributed by atoms with Crippen molar-refractivity contribution in [2.45, 2.75) is 19.8 Å². The number of rotatable bonds is 7. The molecule has 0 radical (unpaired) electrons. The Morgan fingerprint density at radius 1 is 1.06 bits per heavy atom. The zero-order chi connectivity index (χ0) is 23.3. The highest BCUT2D eigenvalue weighted by atomic mass is 16.6. The molecule has 1 heterocycles. The standard InChI is InChI=1S/C22H23N3O7/c1-14-5-6-15(21(27)31-2)11-17(14)23-20(26)13-32-22(28)16-7-8-18(19(12-16)25(29)30)24-9-3-4-10-24/h5-8,11-12H,3-4,9-10,13H2,1-2H3,(H,23,26). The fourth-order valence-electron chi connectivity index (χ4n) is 3.42. The summed E-state index contributed by atoms with van der Waals surface area (Å²) in [5, 5.41) is 14.1. The van der Waals surface area contributed by atoms with Gasteiger partial charge in [0.15, 0.2) is 6.61 Å². The lowest BCUT2D eigenvalue weighted by Gasteiger charge is -2.17. The van der Waals surface area contributed by atoms with Crippen LogP contribution in [0.4, 0.5) is 17.1 Å². The van der Waals surface area contributed by atoms with Gasteiger partial charge in [-0.1, -0.05) is 6.07 Å². The third-order valence-electron chi connectivity index (χ3n) is 5.12. The maximum atomic E-state index is 12.4. The van der Waals surface area contributed by atoms with Gasteiger partial charge in [0.25, 0.3) is 11.6 Å². The number of carbonyl (C=O) groups excluding carboxylic acids is 3. The van der Waals surface area contributed by atoms with Crippen LogP contribution in [0.3, 0.4) is 0 Å². The summed E-state index contributed by atoms with van der Waals surface area (Å²) in [7, 11) is 1.25. The van der Waals surface area contributed by atoms with Gasteiger partial charge >= 0.3 is 11.9 Å². The van der Waals surface area contributed by atoms with Crippen molar-refractivity contribution < 1.29 is 28.8 Å². The lowest BCUT2D eigenvalue weighted by atomic mass is 10.1. The van der Waals surface area contributed by atoms with Gasteiger partial charge in [0.05, 0.1) is 23.2 Å². The van der Waals surface area contributed by atoms with Crippen molar-refractivity contribution in [1.29, 1.82) is 0 Å². The maximum Gasteiger partial charge on any atom is 0.338 e. The molecule has 1 aliphatic rings. The van der Waals surface area contributed by atoms with Crippen LogP contribution in [0, 0.1) is 17.0 Å². The van der Waals surface area contributed by atoms with Crippen LogP contribution in [-0.4, -0.2) is 49.6 Å². The molecule has 1 N–H and O–H groups in total. The minimum absolute atomic E-state index is 0.0173. The van der Waals surface area contributed by atoms with E-state index in [9.17, 15) is 24.5 Å². The minimum Gasteiger partial charge on any atom is -0.465 e. The smallest absolute Gasteiger partial charge is 0.338 e. The summed E-state index contributed by atoms with van der Waals surface area (Å²) >= 11 is 0. The molecule has 1 amide bonds. The topological polar surface area (TPSA) is 128 Å². The van der Waals surface area contributed by atoms with E-state index in [0.717, 1.165) is 32.0 Å². The molecule has 1 aliphatic heterocycles. The van der Waals surface area contributed by atoms with Gasteiger partial charge in [-0.2, -0.15) is 0 Å². The zero-order valence-corrected chi connectivity index (χ0v) is 17.8. The summed E-state index contributed by atoms with van der Waals surface area (Å²) in [6.45, 7) is 2.59. The third kappa shape index (κ3) is 5.20. The number of nitro groups is 1. The molecule has 10 heteroatoms. The number of benzene rings is 2. The average Bonchev–Trinajstić information content (AvgIpc) is 3.32. The lowest BCUT2D eigenvalue weighted by molar-refractivity contribution is -0.384. The first-order valence-electron chi connectivity index (χ1n) is 9.99. The Hall–Kier alpha value is -3.95. The zero-order valence-electron chi connectivity index (χ0n) is 17.8. The van der Waals surface area contributed by atoms with E-state index in [-0.39, 0.29) is 16.8 Å². The molecular weight excluding hydrogens is 418 g/mol. The van der Waals surface area contributed by atoms with E-state index < -0.39 is 29.4 Å². The van der Waals surface area contributed by atoms with Crippen LogP contribution in [0.1, 0.15) is 39.1 Å². The molecule has 1 fully saturated rings. The van der Waals surface area contributed by atoms with Gasteiger partial charge in [-0.05, 0) is 49.6 Å². The largest absolute Gasteiger partial charge is 0.465 e. The molecule has 0 saturated carbocycles. The van der Waals surface area contributed by atoms with Gasteiger partial charge in [0.2, 0.25) is 0 Å². The molecular formula is C22H23N3O7. The van der Waals surface area contributed by atoms with Gasteiger partial charge in [-0.3, -0.25) is 14.9 Å². The quantitative estimate of drug-likeness (QED) is 0.394. The number of nitrogens with zero attached hydrogens (tertiary/aromatic N) is 2. The number of nitrogens with one attached hydrogen (secondary N) is 1. The number of esters is 2. The van der Waals surface area contributed by atoms with Crippen molar-refractivity contribution in [3.63, 3.8) is 0 Å². The van der Waals surface area contributed by atoms with E-state index >= 15 is 0 Å². The van der Waals surface area contributed by atoms with Crippen molar-refractivity contribution in [2.75, 3.05) is 37.0 Å². The van der Waals surface area contributed by atoms with Crippen molar-refractivity contribution in [1.82, 2.24) is 0 Å². The fraction of sp³-hybridized carbons (Fsp3) is 0.318. The van der Waals surface area contributed by atoms with Crippen LogP contribution >= 0.6 is 0 Å². The fourth-order valence-corrected chi connectivity index (χ4v) is 3.42. The number of hydrogen-bond donors (Lipinski definition) is 1. The molecule has 10 nitrogen and oxygen atoms in total. The maximum absolute atomic E-state index is 12.4. The third-order valence-corrected chi connectivity index (χ3v) is 5.12. The Balaban J connectivity index is 1.65. The first-order chi connectivity index (χ1) is 15.3. The van der Waals surface area contributed by atoms with Crippen LogP contribution in [0.2, 0.25) is 0 Å². The van der Waals surface area contributed by atoms with Gasteiger partial charge in [0.1, 0.15) is 5.69 Å². The summed E-state index contributed by atoms with van der Waals surface area (Å²) < 4.78 is 9.68. The van der Waals surface area contributed by atoms with Crippen LogP contribution in [0.15, 0.2) is 36.4 Å². The van der Waals surface area contributed by atoms with Crippen LogP contribution in [0.25, 0.3) is 0 Å². The highest BCUT2D eigenvalue weighted by Crippen LogP contribution is 2.31. The van der Waals surface area contributed by atoms with E-state index in [1.165, 1.54) is 25.3 Å². The van der Waals surface area contributed by atoms with Crippen molar-refractivity contribution in [3.8, 4) is 0 Å². The highest BCUT2D eigenvalue weighted by molar-refractivity contribution is 5.98. The van der Waals surface area contributed by atoms with Crippen LogP contribution in [0.5, 0.6) is 0 Å². The van der Waals surface area contributed by atoms with E-state index in [2.05, 4.69) is 10.1 Å². The molecule has 3 rings (SSSR count). The first kappa shape index (κ1) is 22.7. The molecule has 168 valence electrons. The molecule has 0 bridgehead atoms. The van der Waals surface area contributed by atoms with Gasteiger partial charge < -0.3 is 19.7 Å². The molecule has 0 atom stereocenters. The Kier molecular flexibility index (Phi) is 7.04. The Labute approximate surface area is 184 Å². The number of carbonyl (C=O) groups is 3. The summed E-state index contributed by atoms with van der Waals surface area (Å²) in [5.41, 5.74) is 1.60. The number of aryl methyl sites for hydroxylation is 1. The molecule has 0 aromatic heterocycles. The number of anilines is 2. The van der Waals surface area contributed by atoms with E-state index in [1.807, 2.05) is 4.90 Å². The number of methoxy groups -OCH3 is 1. The van der Waals surface area contributed by atoms with Gasteiger partial charge in [-0.25, -0.2) is 9.59 Å². The second-order valence-electron chi connectivity index (χ2n) is 7.30. The molecule has 2 aromatic rings. The monoisotopic (exact) mass is 441 g/mol. The molecule has 0 unspecified atom stereocenters. The molecule has 32 heavy (non-hydrogen) atoms. The normalized spacial score (nSPS) is 12.9. The molecule has 0 spiro atoms. The molecule has 1 saturated heterocycles. The van der Waals surface area contributed by atoms with Gasteiger partial charge in [-0.15, -0.1) is 0 Å². The van der Waals surface area contributed by atoms with Crippen LogP contribution < -0.4 is 10.2 Å². The second-order valence-corrected chi connectivity index (χ2v) is 7.30. The Morgan fingerprint density at radius 3 is 2.38 bits per heavy atom. The average molecular weight is 441 g/mol. The first-order valence-corrected chi connectivity index (χ1v) is 9.99. The highest BCUT2D eigenvalue weighted by Gasteiger charge is 2.24. The molecule has 2 aromatic carbocycles. The molecule has 0 aliphatic carbocycles. The van der Waals surface area contributed by atoms with Crippen LogP contribution in [-0.2, 0) is 14.3 Å². The van der Waals surface area contributed by atoms with E-state index in [4.69, 9.17) is 4.74 Å². The predicted octanol–water partition coefficient (Wildman–Crippen LogP) is 3.09. The SMILES string of the molecule is COC(=O)c1ccc(C)c(NC(=O)COC(=O)c2ccc(N3CCCC3)c([N+](=O)[O-])c2)c1. The second kappa shape index (κ2) is 9.90. The van der Waals surface area contributed by atoms with E-state index in [0.29, 0.717) is 16.9 Å². The van der Waals surface area contributed by atoms with E-state index in [1.54, 1.807) is 19.1 Å². The lowest BCUT2D eigenvalue weighted by Crippen LogP contribution is -2.22. The van der Waals surface area contributed by atoms with Crippen molar-refractivity contribution in [3.05, 3.63) is 63.2 Å². The summed E-state index contributed by atoms with van der Waals surface area (Å²) in [4.78, 5) is 49.1. The summed E-state index contributed by atoms with van der Waals surface area (Å²) in [5.74, 6) is -2.02. The number of hydrogen-bond acceptors (Lipinski definition) is 8. The number of amides is 1. The number of nitro benzene ring substituents is 1. The van der Waals surface area contributed by atoms with Gasteiger partial charge in [0, 0.05) is 24.8 Å². The van der Waals surface area contributed by atoms with Crippen molar-refractivity contribution >= 4 is 34.9 Å². The minimum atomic E-state index is -0.851. The van der Waals surface area contributed by atoms with Crippen molar-refractivity contribution in [2.24, 2.45) is 0 Å². The number of ether oxygens (including phenoxy) is 2. The summed E-state index contributed by atoms with van der Waals surface area (Å²) in [6, 6.07) is 8.82. The Bertz CT molecular complexity index is 1060. The predicted molar refractivity (Wildman–Crippen MR) is 116 cm³/mol. The summed E-state index contributed by atoms with van der Waals surface area (Å²) in [6.07, 6.45) is 1.91.